The van der Waals surface area contributed by atoms with Gasteiger partial charge < -0.3 is 10.3 Å². The Morgan fingerprint density at radius 1 is 1.82 bits per heavy atom. The summed E-state index contributed by atoms with van der Waals surface area (Å²) in [6.07, 6.45) is 1.87. The van der Waals surface area contributed by atoms with Crippen molar-refractivity contribution in [2.45, 2.75) is 13.0 Å². The van der Waals surface area contributed by atoms with Crippen molar-refractivity contribution in [3.63, 3.8) is 0 Å². The molecule has 0 bridgehead atoms. The van der Waals surface area contributed by atoms with Gasteiger partial charge in [-0.05, 0) is 19.1 Å². The maximum absolute atomic E-state index is 8.64. The summed E-state index contributed by atoms with van der Waals surface area (Å²) in [6, 6.07) is 5.94. The third kappa shape index (κ3) is 1.41. The lowest BCUT2D eigenvalue weighted by atomic mass is 10.3. The zero-order valence-corrected chi connectivity index (χ0v) is 6.49. The van der Waals surface area contributed by atoms with Gasteiger partial charge in [-0.1, -0.05) is 0 Å². The predicted octanol–water partition coefficient (Wildman–Crippen LogP) is 0.879. The van der Waals surface area contributed by atoms with Crippen LogP contribution in [0.4, 0.5) is 0 Å². The minimum atomic E-state index is 0.208. The van der Waals surface area contributed by atoms with Crippen LogP contribution in [-0.4, -0.2) is 11.1 Å². The first-order valence-corrected chi connectivity index (χ1v) is 3.56. The fourth-order valence-corrected chi connectivity index (χ4v) is 0.986. The Morgan fingerprint density at radius 2 is 2.55 bits per heavy atom. The fourth-order valence-electron chi connectivity index (χ4n) is 0.986. The summed E-state index contributed by atoms with van der Waals surface area (Å²) in [7, 11) is 0. The molecule has 1 heterocycles. The molecule has 3 nitrogen and oxygen atoms in total. The van der Waals surface area contributed by atoms with Crippen molar-refractivity contribution in [1.29, 1.82) is 5.26 Å². The van der Waals surface area contributed by atoms with E-state index in [0.717, 1.165) is 0 Å². The van der Waals surface area contributed by atoms with Crippen LogP contribution in [0.1, 0.15) is 18.7 Å². The van der Waals surface area contributed by atoms with Crippen molar-refractivity contribution in [3.05, 3.63) is 24.0 Å². The van der Waals surface area contributed by atoms with Crippen LogP contribution in [-0.2, 0) is 0 Å². The third-order valence-corrected chi connectivity index (χ3v) is 1.71. The Kier molecular flexibility index (Phi) is 2.29. The van der Waals surface area contributed by atoms with Gasteiger partial charge in [0, 0.05) is 18.8 Å². The maximum atomic E-state index is 8.64. The Labute approximate surface area is 66.0 Å². The summed E-state index contributed by atoms with van der Waals surface area (Å²) in [5.41, 5.74) is 6.13. The van der Waals surface area contributed by atoms with Gasteiger partial charge in [-0.15, -0.1) is 0 Å². The van der Waals surface area contributed by atoms with E-state index in [9.17, 15) is 0 Å². The molecule has 3 heteroatoms. The minimum absolute atomic E-state index is 0.208. The Hall–Kier alpha value is -1.27. The summed E-state index contributed by atoms with van der Waals surface area (Å²) >= 11 is 0. The molecule has 0 aromatic carbocycles. The average Bonchev–Trinajstić information content (AvgIpc) is 2.50. The van der Waals surface area contributed by atoms with Gasteiger partial charge in [-0.25, -0.2) is 0 Å². The van der Waals surface area contributed by atoms with Gasteiger partial charge in [-0.2, -0.15) is 5.26 Å². The normalized spacial score (nSPS) is 12.5. The van der Waals surface area contributed by atoms with E-state index in [2.05, 4.69) is 6.07 Å². The van der Waals surface area contributed by atoms with Gasteiger partial charge in [0.1, 0.15) is 11.8 Å². The van der Waals surface area contributed by atoms with Gasteiger partial charge in [0.25, 0.3) is 0 Å². The second kappa shape index (κ2) is 3.22. The molecule has 0 aliphatic carbocycles. The third-order valence-electron chi connectivity index (χ3n) is 1.71. The van der Waals surface area contributed by atoms with Crippen LogP contribution in [0.2, 0.25) is 0 Å². The van der Waals surface area contributed by atoms with E-state index in [1.165, 1.54) is 0 Å². The van der Waals surface area contributed by atoms with Crippen molar-refractivity contribution < 1.29 is 0 Å². The van der Waals surface area contributed by atoms with Crippen molar-refractivity contribution in [2.75, 3.05) is 6.54 Å². The Morgan fingerprint density at radius 3 is 3.09 bits per heavy atom. The highest BCUT2D eigenvalue weighted by molar-refractivity contribution is 5.22. The fraction of sp³-hybridized carbons (Fsp3) is 0.375. The van der Waals surface area contributed by atoms with Crippen LogP contribution in [0.15, 0.2) is 18.3 Å². The molecule has 0 aliphatic heterocycles. The number of nitrogens with two attached hydrogens (primary N) is 1. The number of hydrogen-bond acceptors (Lipinski definition) is 2. The molecule has 0 amide bonds. The van der Waals surface area contributed by atoms with E-state index in [-0.39, 0.29) is 6.04 Å². The SMILES string of the molecule is CC(CN)n1cccc1C#N. The van der Waals surface area contributed by atoms with E-state index in [1.807, 2.05) is 23.8 Å². The largest absolute Gasteiger partial charge is 0.335 e. The van der Waals surface area contributed by atoms with Gasteiger partial charge in [0.05, 0.1) is 0 Å². The molecule has 1 rings (SSSR count). The molecule has 1 atom stereocenters. The first-order chi connectivity index (χ1) is 5.29. The standard InChI is InChI=1S/C8H11N3/c1-7(5-9)11-4-2-3-8(11)6-10/h2-4,7H,5,9H2,1H3. The van der Waals surface area contributed by atoms with E-state index < -0.39 is 0 Å². The lowest BCUT2D eigenvalue weighted by molar-refractivity contribution is 0.556. The Bertz CT molecular complexity index is 269. The second-order valence-electron chi connectivity index (χ2n) is 2.50. The molecule has 0 saturated carbocycles. The first kappa shape index (κ1) is 7.83. The van der Waals surface area contributed by atoms with Crippen molar-refractivity contribution in [3.8, 4) is 6.07 Å². The molecule has 11 heavy (non-hydrogen) atoms. The van der Waals surface area contributed by atoms with Crippen LogP contribution >= 0.6 is 0 Å². The quantitative estimate of drug-likeness (QED) is 0.678. The van der Waals surface area contributed by atoms with Crippen molar-refractivity contribution in [1.82, 2.24) is 4.57 Å². The maximum Gasteiger partial charge on any atom is 0.120 e. The number of hydrogen-bond donors (Lipinski definition) is 1. The van der Waals surface area contributed by atoms with Crippen LogP contribution in [0.3, 0.4) is 0 Å². The zero-order chi connectivity index (χ0) is 8.27. The van der Waals surface area contributed by atoms with Gasteiger partial charge in [-0.3, -0.25) is 0 Å². The predicted molar refractivity (Wildman–Crippen MR) is 42.9 cm³/mol. The molecule has 0 fully saturated rings. The molecular weight excluding hydrogens is 138 g/mol. The topological polar surface area (TPSA) is 54.7 Å². The van der Waals surface area contributed by atoms with Crippen LogP contribution < -0.4 is 5.73 Å². The monoisotopic (exact) mass is 149 g/mol. The summed E-state index contributed by atoms with van der Waals surface area (Å²) in [5, 5.41) is 8.64. The van der Waals surface area contributed by atoms with Gasteiger partial charge in [0.15, 0.2) is 0 Å². The molecular formula is C8H11N3. The van der Waals surface area contributed by atoms with E-state index in [4.69, 9.17) is 11.0 Å². The van der Waals surface area contributed by atoms with Crippen LogP contribution in [0, 0.1) is 11.3 Å². The smallest absolute Gasteiger partial charge is 0.120 e. The average molecular weight is 149 g/mol. The molecule has 0 spiro atoms. The molecule has 2 N–H and O–H groups in total. The van der Waals surface area contributed by atoms with Gasteiger partial charge in [0.2, 0.25) is 0 Å². The second-order valence-corrected chi connectivity index (χ2v) is 2.50. The van der Waals surface area contributed by atoms with Crippen LogP contribution in [0.5, 0.6) is 0 Å². The summed E-state index contributed by atoms with van der Waals surface area (Å²) in [5.74, 6) is 0. The van der Waals surface area contributed by atoms with E-state index in [0.29, 0.717) is 12.2 Å². The minimum Gasteiger partial charge on any atom is -0.335 e. The Balaban J connectivity index is 2.95. The molecule has 58 valence electrons. The lowest BCUT2D eigenvalue weighted by Gasteiger charge is -2.11. The highest BCUT2D eigenvalue weighted by Crippen LogP contribution is 2.08. The lowest BCUT2D eigenvalue weighted by Crippen LogP contribution is -2.16. The summed E-state index contributed by atoms with van der Waals surface area (Å²) in [4.78, 5) is 0. The summed E-state index contributed by atoms with van der Waals surface area (Å²) < 4.78 is 1.88. The number of nitrogens with zero attached hydrogens (tertiary/aromatic N) is 2. The molecule has 1 aromatic heterocycles. The zero-order valence-electron chi connectivity index (χ0n) is 6.49. The summed E-state index contributed by atoms with van der Waals surface area (Å²) in [6.45, 7) is 2.55. The number of aromatic nitrogens is 1. The molecule has 1 unspecified atom stereocenters. The van der Waals surface area contributed by atoms with Crippen molar-refractivity contribution in [2.24, 2.45) is 5.73 Å². The molecule has 1 aromatic rings. The molecule has 0 radical (unpaired) electrons. The van der Waals surface area contributed by atoms with E-state index >= 15 is 0 Å². The van der Waals surface area contributed by atoms with E-state index in [1.54, 1.807) is 6.07 Å². The first-order valence-electron chi connectivity index (χ1n) is 3.56. The highest BCUT2D eigenvalue weighted by atomic mass is 15.0. The highest BCUT2D eigenvalue weighted by Gasteiger charge is 2.04. The van der Waals surface area contributed by atoms with Gasteiger partial charge >= 0.3 is 0 Å². The molecule has 0 saturated heterocycles. The molecule has 0 aliphatic rings. The number of nitriles is 1. The number of rotatable bonds is 2. The van der Waals surface area contributed by atoms with Crippen LogP contribution in [0.25, 0.3) is 0 Å². The van der Waals surface area contributed by atoms with Crippen molar-refractivity contribution >= 4 is 0 Å².